The Hall–Kier alpha value is -2.09. The molecule has 1 N–H and O–H groups in total. The summed E-state index contributed by atoms with van der Waals surface area (Å²) in [5.41, 5.74) is 0. The van der Waals surface area contributed by atoms with E-state index in [0.717, 1.165) is 0 Å². The van der Waals surface area contributed by atoms with E-state index in [4.69, 9.17) is 9.68 Å². The van der Waals surface area contributed by atoms with E-state index in [0.29, 0.717) is 12.2 Å². The maximum Gasteiger partial charge on any atom is 0.245 e. The highest BCUT2D eigenvalue weighted by Crippen LogP contribution is 2.13. The van der Waals surface area contributed by atoms with Crippen LogP contribution in [0.2, 0.25) is 0 Å². The number of rotatable bonds is 4. The maximum absolute atomic E-state index is 11.7. The Morgan fingerprint density at radius 3 is 2.69 bits per heavy atom. The van der Waals surface area contributed by atoms with Crippen molar-refractivity contribution in [2.75, 3.05) is 7.05 Å². The molecule has 0 radical (unpaired) electrons. The molecule has 16 heavy (non-hydrogen) atoms. The molecular formula is C11H12N2O3. The molecule has 0 unspecified atom stereocenters. The lowest BCUT2D eigenvalue weighted by molar-refractivity contribution is -0.121. The summed E-state index contributed by atoms with van der Waals surface area (Å²) in [7, 11) is 1.37. The first-order valence-corrected chi connectivity index (χ1v) is 4.88. The van der Waals surface area contributed by atoms with Gasteiger partial charge >= 0.3 is 0 Å². The molecule has 1 atom stereocenters. The molecule has 1 heterocycles. The first-order chi connectivity index (χ1) is 7.63. The molecule has 0 aliphatic carbocycles. The molecule has 0 aliphatic rings. The summed E-state index contributed by atoms with van der Waals surface area (Å²) < 4.78 is 5.19. The molecule has 0 bridgehead atoms. The summed E-state index contributed by atoms with van der Waals surface area (Å²) in [6.07, 6.45) is 0.657. The number of Topliss-reactive ketones (excluding diaryl/α,β-unsaturated/α-hetero) is 1. The molecule has 0 saturated carbocycles. The number of nitrogens with zero attached hydrogens (tertiary/aromatic N) is 1. The van der Waals surface area contributed by atoms with Crippen molar-refractivity contribution in [1.82, 2.24) is 5.32 Å². The van der Waals surface area contributed by atoms with E-state index < -0.39 is 17.6 Å². The smallest absolute Gasteiger partial charge is 0.245 e. The van der Waals surface area contributed by atoms with Gasteiger partial charge in [0.25, 0.3) is 0 Å². The van der Waals surface area contributed by atoms with Gasteiger partial charge in [-0.3, -0.25) is 9.59 Å². The van der Waals surface area contributed by atoms with Crippen molar-refractivity contribution in [1.29, 1.82) is 5.26 Å². The molecule has 0 fully saturated rings. The van der Waals surface area contributed by atoms with Crippen molar-refractivity contribution in [2.45, 2.75) is 13.3 Å². The second-order valence-corrected chi connectivity index (χ2v) is 3.16. The topological polar surface area (TPSA) is 83.1 Å². The van der Waals surface area contributed by atoms with Crippen LogP contribution < -0.4 is 5.32 Å². The predicted octanol–water partition coefficient (Wildman–Crippen LogP) is 0.910. The number of amides is 1. The minimum absolute atomic E-state index is 0.0481. The van der Waals surface area contributed by atoms with Gasteiger partial charge in [-0.1, -0.05) is 6.92 Å². The van der Waals surface area contributed by atoms with E-state index >= 15 is 0 Å². The Labute approximate surface area is 93.0 Å². The quantitative estimate of drug-likeness (QED) is 0.603. The zero-order valence-corrected chi connectivity index (χ0v) is 9.11. The average Bonchev–Trinajstić information content (AvgIpc) is 2.78. The van der Waals surface area contributed by atoms with E-state index in [9.17, 15) is 9.59 Å². The normalized spacial score (nSPS) is 11.6. The molecule has 5 nitrogen and oxygen atoms in total. The molecule has 5 heteroatoms. The molecule has 1 aromatic heterocycles. The number of furan rings is 1. The van der Waals surface area contributed by atoms with Crippen molar-refractivity contribution in [2.24, 2.45) is 5.92 Å². The third kappa shape index (κ3) is 2.28. The van der Waals surface area contributed by atoms with Gasteiger partial charge in [0.2, 0.25) is 11.7 Å². The SMILES string of the molecule is CCc1ccc(C(=O)[C@@H](C#N)C(=O)NC)o1. The van der Waals surface area contributed by atoms with E-state index in [1.165, 1.54) is 13.1 Å². The number of aryl methyl sites for hydroxylation is 1. The zero-order valence-electron chi connectivity index (χ0n) is 9.11. The molecule has 0 spiro atoms. The van der Waals surface area contributed by atoms with Crippen LogP contribution in [0.1, 0.15) is 23.2 Å². The lowest BCUT2D eigenvalue weighted by Gasteiger charge is -2.03. The van der Waals surface area contributed by atoms with Crippen molar-refractivity contribution < 1.29 is 14.0 Å². The number of nitrogens with one attached hydrogen (secondary N) is 1. The number of hydrogen-bond donors (Lipinski definition) is 1. The Bertz CT molecular complexity index is 442. The number of hydrogen-bond acceptors (Lipinski definition) is 4. The Balaban J connectivity index is 2.92. The predicted molar refractivity (Wildman–Crippen MR) is 55.6 cm³/mol. The number of carbonyl (C=O) groups excluding carboxylic acids is 2. The van der Waals surface area contributed by atoms with E-state index in [1.807, 2.05) is 6.92 Å². The summed E-state index contributed by atoms with van der Waals surface area (Å²) in [5, 5.41) is 11.0. The molecular weight excluding hydrogens is 208 g/mol. The van der Waals surface area contributed by atoms with Crippen LogP contribution in [0, 0.1) is 17.2 Å². The maximum atomic E-state index is 11.7. The van der Waals surface area contributed by atoms with Crippen LogP contribution in [0.3, 0.4) is 0 Å². The Morgan fingerprint density at radius 2 is 2.25 bits per heavy atom. The molecule has 1 aromatic rings. The second kappa shape index (κ2) is 5.12. The van der Waals surface area contributed by atoms with Gasteiger partial charge < -0.3 is 9.73 Å². The van der Waals surface area contributed by atoms with E-state index in [-0.39, 0.29) is 5.76 Å². The minimum Gasteiger partial charge on any atom is -0.458 e. The third-order valence-electron chi connectivity index (χ3n) is 2.15. The first kappa shape index (κ1) is 12.0. The summed E-state index contributed by atoms with van der Waals surface area (Å²) >= 11 is 0. The average molecular weight is 220 g/mol. The number of carbonyl (C=O) groups is 2. The molecule has 1 rings (SSSR count). The van der Waals surface area contributed by atoms with Crippen molar-refractivity contribution >= 4 is 11.7 Å². The highest BCUT2D eigenvalue weighted by molar-refractivity contribution is 6.10. The zero-order chi connectivity index (χ0) is 12.1. The molecule has 0 aromatic carbocycles. The largest absolute Gasteiger partial charge is 0.458 e. The fraction of sp³-hybridized carbons (Fsp3) is 0.364. The lowest BCUT2D eigenvalue weighted by atomic mass is 10.0. The highest BCUT2D eigenvalue weighted by Gasteiger charge is 2.28. The van der Waals surface area contributed by atoms with Gasteiger partial charge in [0.15, 0.2) is 11.7 Å². The van der Waals surface area contributed by atoms with Gasteiger partial charge in [0.1, 0.15) is 5.76 Å². The van der Waals surface area contributed by atoms with Crippen molar-refractivity contribution in [3.8, 4) is 6.07 Å². The second-order valence-electron chi connectivity index (χ2n) is 3.16. The number of ketones is 1. The van der Waals surface area contributed by atoms with E-state index in [1.54, 1.807) is 12.1 Å². The van der Waals surface area contributed by atoms with Crippen LogP contribution in [0.15, 0.2) is 16.5 Å². The lowest BCUT2D eigenvalue weighted by Crippen LogP contribution is -2.31. The van der Waals surface area contributed by atoms with Gasteiger partial charge in [-0.15, -0.1) is 0 Å². The van der Waals surface area contributed by atoms with Crippen LogP contribution in [0.4, 0.5) is 0 Å². The standard InChI is InChI=1S/C11H12N2O3/c1-3-7-4-5-9(16-7)10(14)8(6-12)11(15)13-2/h4-5,8H,3H2,1-2H3,(H,13,15)/t8-/m1/s1. The summed E-state index contributed by atoms with van der Waals surface area (Å²) in [6, 6.07) is 4.80. The highest BCUT2D eigenvalue weighted by atomic mass is 16.3. The van der Waals surface area contributed by atoms with Crippen LogP contribution in [-0.2, 0) is 11.2 Å². The van der Waals surface area contributed by atoms with Crippen LogP contribution in [0.25, 0.3) is 0 Å². The third-order valence-corrected chi connectivity index (χ3v) is 2.15. The molecule has 0 aliphatic heterocycles. The minimum atomic E-state index is -1.35. The summed E-state index contributed by atoms with van der Waals surface area (Å²) in [4.78, 5) is 23.0. The summed E-state index contributed by atoms with van der Waals surface area (Å²) in [6.45, 7) is 1.88. The van der Waals surface area contributed by atoms with E-state index in [2.05, 4.69) is 5.32 Å². The van der Waals surface area contributed by atoms with Crippen LogP contribution >= 0.6 is 0 Å². The molecule has 0 saturated heterocycles. The monoisotopic (exact) mass is 220 g/mol. The Kier molecular flexibility index (Phi) is 3.84. The number of nitriles is 1. The van der Waals surface area contributed by atoms with Crippen LogP contribution in [-0.4, -0.2) is 18.7 Å². The Morgan fingerprint density at radius 1 is 1.56 bits per heavy atom. The van der Waals surface area contributed by atoms with Crippen LogP contribution in [0.5, 0.6) is 0 Å². The van der Waals surface area contributed by atoms with Crippen molar-refractivity contribution in [3.05, 3.63) is 23.7 Å². The van der Waals surface area contributed by atoms with Gasteiger partial charge in [-0.05, 0) is 12.1 Å². The van der Waals surface area contributed by atoms with Gasteiger partial charge in [0, 0.05) is 13.5 Å². The summed E-state index contributed by atoms with van der Waals surface area (Å²) in [5.74, 6) is -1.88. The van der Waals surface area contributed by atoms with Gasteiger partial charge in [-0.2, -0.15) is 5.26 Å². The van der Waals surface area contributed by atoms with Gasteiger partial charge in [-0.25, -0.2) is 0 Å². The fourth-order valence-corrected chi connectivity index (χ4v) is 1.22. The molecule has 1 amide bonds. The van der Waals surface area contributed by atoms with Gasteiger partial charge in [0.05, 0.1) is 6.07 Å². The fourth-order valence-electron chi connectivity index (χ4n) is 1.22. The van der Waals surface area contributed by atoms with Crippen molar-refractivity contribution in [3.63, 3.8) is 0 Å². The molecule has 84 valence electrons. The first-order valence-electron chi connectivity index (χ1n) is 4.88.